The standard InChI is InChI=1S/C36H32O16/c37-20-13-18(4-8-30(44)50-28(34(45)46)11-16-1-5-21(38)24(41)9-16)31-27(15-20)51-33(19-3-7-23(40)26(43)14-19)32(31)36(49)52-29(35(47)48)12-17-2-6-22(39)25(42)10-17/h1-10,13-15,28-29,32-33,36-43,49H,11-12H2,(H,45,46)(H,47,48)/b8-4+/t28-,29-,32+,33-,36-/m1/s1. The fourth-order valence-electron chi connectivity index (χ4n) is 5.65. The molecular formula is C36H32O16. The highest BCUT2D eigenvalue weighted by Gasteiger charge is 2.44. The molecule has 0 bridgehead atoms. The second-order valence-electron chi connectivity index (χ2n) is 11.8. The zero-order chi connectivity index (χ0) is 37.9. The number of carboxylic acid groups (broad SMARTS) is 2. The van der Waals surface area contributed by atoms with E-state index in [1.807, 2.05) is 0 Å². The van der Waals surface area contributed by atoms with E-state index in [1.54, 1.807) is 0 Å². The van der Waals surface area contributed by atoms with E-state index in [-0.39, 0.29) is 52.2 Å². The lowest BCUT2D eigenvalue weighted by Crippen LogP contribution is -2.35. The SMILES string of the molecule is O=C(/C=C/c1cc(O)cc2c1[C@H]([C@H](O)O[C@H](Cc1ccc(O)c(O)c1)C(=O)O)[C@@H](c1ccc(O)c(O)c1)O2)O[C@H](Cc1ccc(O)c(O)c1)C(=O)O. The predicted molar refractivity (Wildman–Crippen MR) is 176 cm³/mol. The van der Waals surface area contributed by atoms with Crippen molar-refractivity contribution in [2.45, 2.75) is 43.4 Å². The van der Waals surface area contributed by atoms with E-state index in [4.69, 9.17) is 14.2 Å². The number of rotatable bonds is 13. The van der Waals surface area contributed by atoms with Gasteiger partial charge in [-0.25, -0.2) is 14.4 Å². The molecule has 0 unspecified atom stereocenters. The Balaban J connectivity index is 1.47. The number of hydrogen-bond donors (Lipinski definition) is 10. The monoisotopic (exact) mass is 720 g/mol. The van der Waals surface area contributed by atoms with Crippen LogP contribution in [0.15, 0.2) is 72.8 Å². The predicted octanol–water partition coefficient (Wildman–Crippen LogP) is 3.13. The minimum Gasteiger partial charge on any atom is -0.508 e. The number of aliphatic hydroxyl groups excluding tert-OH is 1. The molecule has 0 amide bonds. The summed E-state index contributed by atoms with van der Waals surface area (Å²) in [7, 11) is 0. The first-order valence-electron chi connectivity index (χ1n) is 15.4. The second kappa shape index (κ2) is 15.1. The highest BCUT2D eigenvalue weighted by atomic mass is 16.6. The Morgan fingerprint density at radius 3 is 1.77 bits per heavy atom. The van der Waals surface area contributed by atoms with Gasteiger partial charge >= 0.3 is 17.9 Å². The molecule has 16 nitrogen and oxygen atoms in total. The Hall–Kier alpha value is -6.65. The molecule has 1 heterocycles. The average Bonchev–Trinajstić information content (AvgIpc) is 3.47. The number of aromatic hydroxyl groups is 7. The Kier molecular flexibility index (Phi) is 10.6. The summed E-state index contributed by atoms with van der Waals surface area (Å²) in [5.74, 6) is -8.87. The van der Waals surface area contributed by atoms with E-state index in [0.717, 1.165) is 48.6 Å². The van der Waals surface area contributed by atoms with Crippen molar-refractivity contribution < 1.29 is 79.7 Å². The highest BCUT2D eigenvalue weighted by molar-refractivity contribution is 5.90. The average molecular weight is 721 g/mol. The third-order valence-electron chi connectivity index (χ3n) is 8.14. The van der Waals surface area contributed by atoms with Gasteiger partial charge in [-0.05, 0) is 70.8 Å². The zero-order valence-electron chi connectivity index (χ0n) is 26.7. The highest BCUT2D eigenvalue weighted by Crippen LogP contribution is 2.52. The number of esters is 1. The summed E-state index contributed by atoms with van der Waals surface area (Å²) in [4.78, 5) is 37.0. The molecule has 1 aliphatic heterocycles. The molecule has 5 rings (SSSR count). The lowest BCUT2D eigenvalue weighted by atomic mass is 9.87. The summed E-state index contributed by atoms with van der Waals surface area (Å²) in [6.07, 6.45) is -5.50. The van der Waals surface area contributed by atoms with Crippen LogP contribution in [0.25, 0.3) is 6.08 Å². The molecule has 52 heavy (non-hydrogen) atoms. The number of phenolic OH excluding ortho intramolecular Hbond substituents is 7. The van der Waals surface area contributed by atoms with Crippen molar-refractivity contribution >= 4 is 24.0 Å². The molecule has 4 aromatic carbocycles. The number of hydrogen-bond acceptors (Lipinski definition) is 14. The molecule has 0 saturated carbocycles. The summed E-state index contributed by atoms with van der Waals surface area (Å²) in [6, 6.07) is 13.1. The lowest BCUT2D eigenvalue weighted by Gasteiger charge is -2.27. The van der Waals surface area contributed by atoms with E-state index < -0.39 is 82.9 Å². The lowest BCUT2D eigenvalue weighted by molar-refractivity contribution is -0.183. The van der Waals surface area contributed by atoms with E-state index in [0.29, 0.717) is 0 Å². The molecule has 4 aromatic rings. The van der Waals surface area contributed by atoms with Crippen molar-refractivity contribution in [2.75, 3.05) is 0 Å². The van der Waals surface area contributed by atoms with Crippen LogP contribution in [0.3, 0.4) is 0 Å². The molecule has 10 N–H and O–H groups in total. The molecule has 5 atom stereocenters. The van der Waals surface area contributed by atoms with Crippen LogP contribution in [0, 0.1) is 0 Å². The van der Waals surface area contributed by atoms with Crippen LogP contribution in [0.5, 0.6) is 46.0 Å². The first-order chi connectivity index (χ1) is 24.6. The summed E-state index contributed by atoms with van der Waals surface area (Å²) in [5.41, 5.74) is 0.746. The summed E-state index contributed by atoms with van der Waals surface area (Å²) < 4.78 is 16.8. The molecule has 0 saturated heterocycles. The zero-order valence-corrected chi connectivity index (χ0v) is 26.7. The molecule has 0 fully saturated rings. The van der Waals surface area contributed by atoms with Gasteiger partial charge in [0.15, 0.2) is 46.9 Å². The van der Waals surface area contributed by atoms with Gasteiger partial charge in [0.1, 0.15) is 17.6 Å². The maximum atomic E-state index is 12.9. The number of carboxylic acids is 2. The molecule has 0 radical (unpaired) electrons. The Morgan fingerprint density at radius 2 is 1.23 bits per heavy atom. The Bertz CT molecular complexity index is 2040. The number of carbonyl (C=O) groups excluding carboxylic acids is 1. The van der Waals surface area contributed by atoms with Gasteiger partial charge in [-0.3, -0.25) is 0 Å². The molecule has 0 aliphatic carbocycles. The van der Waals surface area contributed by atoms with E-state index in [9.17, 15) is 65.4 Å². The van der Waals surface area contributed by atoms with Crippen LogP contribution in [0.2, 0.25) is 0 Å². The molecular weight excluding hydrogens is 688 g/mol. The minimum atomic E-state index is -2.00. The van der Waals surface area contributed by atoms with E-state index in [2.05, 4.69) is 0 Å². The van der Waals surface area contributed by atoms with Gasteiger partial charge in [-0.2, -0.15) is 0 Å². The van der Waals surface area contributed by atoms with Gasteiger partial charge in [-0.15, -0.1) is 0 Å². The van der Waals surface area contributed by atoms with Crippen molar-refractivity contribution in [1.82, 2.24) is 0 Å². The quantitative estimate of drug-likeness (QED) is 0.0411. The topological polar surface area (TPSA) is 281 Å². The fourth-order valence-corrected chi connectivity index (χ4v) is 5.65. The van der Waals surface area contributed by atoms with Crippen molar-refractivity contribution in [3.63, 3.8) is 0 Å². The largest absolute Gasteiger partial charge is 0.508 e. The van der Waals surface area contributed by atoms with Crippen molar-refractivity contribution in [2.24, 2.45) is 0 Å². The number of benzene rings is 4. The number of carbonyl (C=O) groups is 3. The second-order valence-corrected chi connectivity index (χ2v) is 11.8. The van der Waals surface area contributed by atoms with Crippen molar-refractivity contribution in [3.8, 4) is 46.0 Å². The van der Waals surface area contributed by atoms with Crippen LogP contribution >= 0.6 is 0 Å². The van der Waals surface area contributed by atoms with Crippen molar-refractivity contribution in [3.05, 3.63) is 101 Å². The summed E-state index contributed by atoms with van der Waals surface area (Å²) in [5, 5.41) is 101. The molecule has 16 heteroatoms. The first kappa shape index (κ1) is 36.6. The van der Waals surface area contributed by atoms with E-state index >= 15 is 0 Å². The normalized spacial score (nSPS) is 16.8. The maximum absolute atomic E-state index is 12.9. The van der Waals surface area contributed by atoms with Crippen LogP contribution in [0.1, 0.15) is 39.8 Å². The van der Waals surface area contributed by atoms with Gasteiger partial charge in [0.25, 0.3) is 0 Å². The molecule has 0 aromatic heterocycles. The molecule has 272 valence electrons. The van der Waals surface area contributed by atoms with Gasteiger partial charge in [0.2, 0.25) is 6.10 Å². The third kappa shape index (κ3) is 8.20. The number of aliphatic carboxylic acids is 2. The molecule has 1 aliphatic rings. The number of fused-ring (bicyclic) bond motifs is 1. The number of phenols is 7. The summed E-state index contributed by atoms with van der Waals surface area (Å²) in [6.45, 7) is 0. The van der Waals surface area contributed by atoms with Crippen LogP contribution in [0.4, 0.5) is 0 Å². The van der Waals surface area contributed by atoms with Crippen LogP contribution in [-0.2, 0) is 36.7 Å². The number of ether oxygens (including phenoxy) is 3. The van der Waals surface area contributed by atoms with Gasteiger partial charge in [0, 0.05) is 30.5 Å². The van der Waals surface area contributed by atoms with Gasteiger partial charge < -0.3 is 65.3 Å². The Morgan fingerprint density at radius 1 is 0.692 bits per heavy atom. The van der Waals surface area contributed by atoms with Crippen LogP contribution in [-0.4, -0.2) is 87.5 Å². The van der Waals surface area contributed by atoms with Crippen molar-refractivity contribution in [1.29, 1.82) is 0 Å². The first-order valence-corrected chi connectivity index (χ1v) is 15.4. The van der Waals surface area contributed by atoms with Gasteiger partial charge in [-0.1, -0.05) is 18.2 Å². The minimum absolute atomic E-state index is 0.0239. The van der Waals surface area contributed by atoms with Crippen LogP contribution < -0.4 is 4.74 Å². The van der Waals surface area contributed by atoms with Gasteiger partial charge in [0.05, 0.1) is 5.92 Å². The summed E-state index contributed by atoms with van der Waals surface area (Å²) >= 11 is 0. The third-order valence-corrected chi connectivity index (χ3v) is 8.14. The maximum Gasteiger partial charge on any atom is 0.345 e. The fraction of sp³-hybridized carbons (Fsp3) is 0.194. The molecule has 0 spiro atoms. The number of aliphatic hydroxyl groups is 1. The van der Waals surface area contributed by atoms with E-state index in [1.165, 1.54) is 30.3 Å². The Labute approximate surface area is 293 Å². The smallest absolute Gasteiger partial charge is 0.345 e.